The van der Waals surface area contributed by atoms with Crippen LogP contribution < -0.4 is 14.2 Å². The molecule has 0 aromatic heterocycles. The maximum absolute atomic E-state index is 10.7. The SMILES string of the molecule is CCc1ccc(CN2C[C@H]3C[C@@H](Oc4ccc5c(c4)OCO5)[C@H](O)C[C@H]3C2)cc1. The van der Waals surface area contributed by atoms with E-state index in [0.717, 1.165) is 50.4 Å². The molecule has 0 bridgehead atoms. The molecule has 2 aromatic carbocycles. The molecule has 0 unspecified atom stereocenters. The van der Waals surface area contributed by atoms with Crippen LogP contribution in [0.2, 0.25) is 0 Å². The van der Waals surface area contributed by atoms with Gasteiger partial charge in [-0.25, -0.2) is 0 Å². The minimum Gasteiger partial charge on any atom is -0.488 e. The molecule has 2 aliphatic heterocycles. The van der Waals surface area contributed by atoms with Crippen LogP contribution in [0.25, 0.3) is 0 Å². The lowest BCUT2D eigenvalue weighted by Gasteiger charge is -2.35. The van der Waals surface area contributed by atoms with Gasteiger partial charge in [0.05, 0.1) is 6.10 Å². The van der Waals surface area contributed by atoms with Crippen molar-refractivity contribution in [2.24, 2.45) is 11.8 Å². The summed E-state index contributed by atoms with van der Waals surface area (Å²) >= 11 is 0. The van der Waals surface area contributed by atoms with Crippen LogP contribution in [0.5, 0.6) is 17.2 Å². The predicted molar refractivity (Wildman–Crippen MR) is 110 cm³/mol. The molecule has 1 saturated carbocycles. The van der Waals surface area contributed by atoms with Crippen LogP contribution in [0.15, 0.2) is 42.5 Å². The van der Waals surface area contributed by atoms with Gasteiger partial charge in [-0.15, -0.1) is 0 Å². The molecule has 29 heavy (non-hydrogen) atoms. The molecule has 1 aliphatic carbocycles. The van der Waals surface area contributed by atoms with Gasteiger partial charge in [0.2, 0.25) is 6.79 Å². The number of likely N-dealkylation sites (tertiary alicyclic amines) is 1. The summed E-state index contributed by atoms with van der Waals surface area (Å²) in [5.74, 6) is 3.33. The number of hydrogen-bond donors (Lipinski definition) is 1. The highest BCUT2D eigenvalue weighted by molar-refractivity contribution is 5.47. The molecule has 4 atom stereocenters. The number of hydrogen-bond acceptors (Lipinski definition) is 5. The highest BCUT2D eigenvalue weighted by atomic mass is 16.7. The molecule has 0 radical (unpaired) electrons. The van der Waals surface area contributed by atoms with Crippen molar-refractivity contribution in [3.63, 3.8) is 0 Å². The molecule has 5 rings (SSSR count). The van der Waals surface area contributed by atoms with Gasteiger partial charge in [-0.3, -0.25) is 4.90 Å². The van der Waals surface area contributed by atoms with Gasteiger partial charge in [-0.2, -0.15) is 0 Å². The van der Waals surface area contributed by atoms with Crippen molar-refractivity contribution in [2.75, 3.05) is 19.9 Å². The lowest BCUT2D eigenvalue weighted by molar-refractivity contribution is -0.0232. The number of ether oxygens (including phenoxy) is 3. The van der Waals surface area contributed by atoms with Crippen molar-refractivity contribution in [1.82, 2.24) is 4.90 Å². The van der Waals surface area contributed by atoms with E-state index in [2.05, 4.69) is 36.1 Å². The second kappa shape index (κ2) is 7.88. The number of aliphatic hydroxyl groups excluding tert-OH is 1. The number of benzene rings is 2. The van der Waals surface area contributed by atoms with Gasteiger partial charge < -0.3 is 19.3 Å². The zero-order chi connectivity index (χ0) is 19.8. The van der Waals surface area contributed by atoms with E-state index in [1.54, 1.807) is 0 Å². The number of fused-ring (bicyclic) bond motifs is 2. The lowest BCUT2D eigenvalue weighted by Crippen LogP contribution is -2.42. The topological polar surface area (TPSA) is 51.2 Å². The molecule has 2 aromatic rings. The molecule has 1 N–H and O–H groups in total. The van der Waals surface area contributed by atoms with Gasteiger partial charge in [-0.1, -0.05) is 31.2 Å². The molecule has 5 nitrogen and oxygen atoms in total. The smallest absolute Gasteiger partial charge is 0.231 e. The van der Waals surface area contributed by atoms with E-state index >= 15 is 0 Å². The van der Waals surface area contributed by atoms with Crippen molar-refractivity contribution in [2.45, 2.75) is 44.9 Å². The van der Waals surface area contributed by atoms with E-state index in [4.69, 9.17) is 14.2 Å². The monoisotopic (exact) mass is 395 g/mol. The van der Waals surface area contributed by atoms with E-state index in [1.807, 2.05) is 18.2 Å². The van der Waals surface area contributed by atoms with Crippen LogP contribution in [0.3, 0.4) is 0 Å². The molecule has 2 heterocycles. The fourth-order valence-corrected chi connectivity index (χ4v) is 5.01. The minimum atomic E-state index is -0.425. The summed E-state index contributed by atoms with van der Waals surface area (Å²) in [4.78, 5) is 2.53. The van der Waals surface area contributed by atoms with Crippen molar-refractivity contribution >= 4 is 0 Å². The Morgan fingerprint density at radius 3 is 2.48 bits per heavy atom. The first-order valence-corrected chi connectivity index (χ1v) is 10.7. The third-order valence-electron chi connectivity index (χ3n) is 6.63. The summed E-state index contributed by atoms with van der Waals surface area (Å²) < 4.78 is 17.0. The second-order valence-corrected chi connectivity index (χ2v) is 8.59. The standard InChI is InChI=1S/C24H29NO4/c1-2-16-3-5-17(6-4-16)12-25-13-18-9-21(26)23(10-19(18)14-25)29-20-7-8-22-24(11-20)28-15-27-22/h3-8,11,18-19,21,23,26H,2,9-10,12-15H2,1H3/t18-,19+,21+,23+/m0/s1. The number of nitrogens with zero attached hydrogens (tertiary/aromatic N) is 1. The summed E-state index contributed by atoms with van der Waals surface area (Å²) in [7, 11) is 0. The summed E-state index contributed by atoms with van der Waals surface area (Å²) in [5.41, 5.74) is 2.75. The van der Waals surface area contributed by atoms with E-state index in [1.165, 1.54) is 11.1 Å². The van der Waals surface area contributed by atoms with Crippen molar-refractivity contribution in [3.05, 3.63) is 53.6 Å². The van der Waals surface area contributed by atoms with Gasteiger partial charge in [0.1, 0.15) is 11.9 Å². The molecule has 2 fully saturated rings. The van der Waals surface area contributed by atoms with E-state index in [9.17, 15) is 5.11 Å². The van der Waals surface area contributed by atoms with Gasteiger partial charge in [0, 0.05) is 25.7 Å². The van der Waals surface area contributed by atoms with Crippen LogP contribution in [-0.4, -0.2) is 42.1 Å². The number of aliphatic hydroxyl groups is 1. The number of aryl methyl sites for hydroxylation is 1. The van der Waals surface area contributed by atoms with Crippen LogP contribution in [0, 0.1) is 11.8 Å². The first kappa shape index (κ1) is 18.8. The average molecular weight is 395 g/mol. The predicted octanol–water partition coefficient (Wildman–Crippen LogP) is 3.63. The van der Waals surface area contributed by atoms with Crippen LogP contribution in [0.4, 0.5) is 0 Å². The molecular weight excluding hydrogens is 366 g/mol. The Balaban J connectivity index is 1.20. The third-order valence-corrected chi connectivity index (χ3v) is 6.63. The Morgan fingerprint density at radius 1 is 0.966 bits per heavy atom. The fraction of sp³-hybridized carbons (Fsp3) is 0.500. The van der Waals surface area contributed by atoms with Crippen molar-refractivity contribution in [3.8, 4) is 17.2 Å². The number of rotatable bonds is 5. The van der Waals surface area contributed by atoms with Crippen LogP contribution in [0.1, 0.15) is 30.9 Å². The Bertz CT molecular complexity index is 852. The summed E-state index contributed by atoms with van der Waals surface area (Å²) in [6.45, 7) is 5.57. The van der Waals surface area contributed by atoms with E-state index in [-0.39, 0.29) is 12.9 Å². The normalized spacial score (nSPS) is 28.3. The van der Waals surface area contributed by atoms with Gasteiger partial charge >= 0.3 is 0 Å². The zero-order valence-electron chi connectivity index (χ0n) is 16.9. The molecule has 1 saturated heterocycles. The quantitative estimate of drug-likeness (QED) is 0.838. The maximum Gasteiger partial charge on any atom is 0.231 e. The fourth-order valence-electron chi connectivity index (χ4n) is 5.01. The first-order chi connectivity index (χ1) is 14.2. The van der Waals surface area contributed by atoms with Crippen molar-refractivity contribution in [1.29, 1.82) is 0 Å². The van der Waals surface area contributed by atoms with Gasteiger partial charge in [0.25, 0.3) is 0 Å². The largest absolute Gasteiger partial charge is 0.488 e. The Morgan fingerprint density at radius 2 is 1.69 bits per heavy atom. The minimum absolute atomic E-state index is 0.166. The van der Waals surface area contributed by atoms with Gasteiger partial charge in [-0.05, 0) is 54.4 Å². The molecule has 5 heteroatoms. The Kier molecular flexibility index (Phi) is 5.10. The molecule has 0 spiro atoms. The summed E-state index contributed by atoms with van der Waals surface area (Å²) in [6.07, 6.45) is 2.19. The lowest BCUT2D eigenvalue weighted by atomic mass is 9.78. The molecule has 3 aliphatic rings. The highest BCUT2D eigenvalue weighted by Gasteiger charge is 2.42. The summed E-state index contributed by atoms with van der Waals surface area (Å²) in [6, 6.07) is 14.6. The average Bonchev–Trinajstić information content (AvgIpc) is 3.34. The maximum atomic E-state index is 10.7. The second-order valence-electron chi connectivity index (χ2n) is 8.59. The summed E-state index contributed by atoms with van der Waals surface area (Å²) in [5, 5.41) is 10.7. The van der Waals surface area contributed by atoms with Crippen LogP contribution >= 0.6 is 0 Å². The molecular formula is C24H29NO4. The molecule has 154 valence electrons. The third kappa shape index (κ3) is 3.94. The zero-order valence-corrected chi connectivity index (χ0v) is 16.9. The van der Waals surface area contributed by atoms with E-state index < -0.39 is 6.10 Å². The first-order valence-electron chi connectivity index (χ1n) is 10.7. The molecule has 0 amide bonds. The highest BCUT2D eigenvalue weighted by Crippen LogP contribution is 2.40. The Labute approximate surface area is 172 Å². The van der Waals surface area contributed by atoms with E-state index in [0.29, 0.717) is 17.6 Å². The Hall–Kier alpha value is -2.24. The van der Waals surface area contributed by atoms with Crippen LogP contribution in [-0.2, 0) is 13.0 Å². The van der Waals surface area contributed by atoms with Crippen molar-refractivity contribution < 1.29 is 19.3 Å². The van der Waals surface area contributed by atoms with Gasteiger partial charge in [0.15, 0.2) is 11.5 Å².